The molecule has 0 unspecified atom stereocenters. The van der Waals surface area contributed by atoms with E-state index in [9.17, 15) is 4.79 Å². The molecule has 0 atom stereocenters. The molecule has 1 heterocycles. The molecule has 4 heteroatoms. The number of halogens is 1. The Bertz CT molecular complexity index is 350. The van der Waals surface area contributed by atoms with Gasteiger partial charge >= 0.3 is 0 Å². The largest absolute Gasteiger partial charge is 0.353 e. The SMILES string of the molecule is CC(=O)NCC=Cc1cncc(Cl)c1. The molecule has 0 aliphatic carbocycles. The van der Waals surface area contributed by atoms with Crippen molar-refractivity contribution in [2.45, 2.75) is 6.92 Å². The lowest BCUT2D eigenvalue weighted by Gasteiger charge is -1.95. The highest BCUT2D eigenvalue weighted by Crippen LogP contribution is 2.09. The number of carbonyl (C=O) groups excluding carboxylic acids is 1. The first-order valence-electron chi connectivity index (χ1n) is 4.20. The Morgan fingerprint density at radius 1 is 1.64 bits per heavy atom. The maximum absolute atomic E-state index is 10.5. The van der Waals surface area contributed by atoms with Gasteiger partial charge in [0.25, 0.3) is 0 Å². The summed E-state index contributed by atoms with van der Waals surface area (Å²) in [5.74, 6) is -0.0427. The lowest BCUT2D eigenvalue weighted by molar-refractivity contribution is -0.118. The summed E-state index contributed by atoms with van der Waals surface area (Å²) in [6, 6.07) is 1.80. The van der Waals surface area contributed by atoms with Crippen LogP contribution in [0.4, 0.5) is 0 Å². The number of carbonyl (C=O) groups is 1. The highest BCUT2D eigenvalue weighted by atomic mass is 35.5. The minimum absolute atomic E-state index is 0.0427. The summed E-state index contributed by atoms with van der Waals surface area (Å²) in [5, 5.41) is 3.25. The molecule has 1 amide bonds. The van der Waals surface area contributed by atoms with Crippen molar-refractivity contribution in [2.24, 2.45) is 0 Å². The summed E-state index contributed by atoms with van der Waals surface area (Å²) in [6.07, 6.45) is 6.98. The summed E-state index contributed by atoms with van der Waals surface area (Å²) in [5.41, 5.74) is 0.919. The third-order valence-electron chi connectivity index (χ3n) is 1.51. The van der Waals surface area contributed by atoms with Crippen LogP contribution in [-0.4, -0.2) is 17.4 Å². The van der Waals surface area contributed by atoms with E-state index < -0.39 is 0 Å². The van der Waals surface area contributed by atoms with Crippen molar-refractivity contribution >= 4 is 23.6 Å². The average Bonchev–Trinajstić information content (AvgIpc) is 2.12. The maximum atomic E-state index is 10.5. The molecule has 0 saturated carbocycles. The average molecular weight is 211 g/mol. The molecule has 1 rings (SSSR count). The van der Waals surface area contributed by atoms with Crippen molar-refractivity contribution < 1.29 is 4.79 Å². The maximum Gasteiger partial charge on any atom is 0.217 e. The first-order valence-corrected chi connectivity index (χ1v) is 4.58. The zero-order chi connectivity index (χ0) is 10.4. The highest BCUT2D eigenvalue weighted by Gasteiger charge is 1.89. The minimum atomic E-state index is -0.0427. The van der Waals surface area contributed by atoms with E-state index >= 15 is 0 Å². The normalized spacial score (nSPS) is 10.4. The topological polar surface area (TPSA) is 42.0 Å². The third-order valence-corrected chi connectivity index (χ3v) is 1.71. The predicted molar refractivity (Wildman–Crippen MR) is 57.0 cm³/mol. The van der Waals surface area contributed by atoms with E-state index in [1.165, 1.54) is 6.92 Å². The second-order valence-corrected chi connectivity index (χ2v) is 3.21. The van der Waals surface area contributed by atoms with Crippen molar-refractivity contribution in [1.29, 1.82) is 0 Å². The number of pyridine rings is 1. The second-order valence-electron chi connectivity index (χ2n) is 2.78. The number of rotatable bonds is 3. The number of hydrogen-bond donors (Lipinski definition) is 1. The van der Waals surface area contributed by atoms with Crippen LogP contribution in [-0.2, 0) is 4.79 Å². The van der Waals surface area contributed by atoms with Gasteiger partial charge in [0.05, 0.1) is 5.02 Å². The van der Waals surface area contributed by atoms with Crippen molar-refractivity contribution in [3.63, 3.8) is 0 Å². The monoisotopic (exact) mass is 210 g/mol. The highest BCUT2D eigenvalue weighted by molar-refractivity contribution is 6.30. The summed E-state index contributed by atoms with van der Waals surface area (Å²) >= 11 is 5.74. The van der Waals surface area contributed by atoms with Gasteiger partial charge in [-0.2, -0.15) is 0 Å². The molecule has 14 heavy (non-hydrogen) atoms. The molecular weight excluding hydrogens is 200 g/mol. The Balaban J connectivity index is 2.47. The van der Waals surface area contributed by atoms with Gasteiger partial charge in [0.15, 0.2) is 0 Å². The standard InChI is InChI=1S/C10H11ClN2O/c1-8(14)13-4-2-3-9-5-10(11)7-12-6-9/h2-3,5-7H,4H2,1H3,(H,13,14). The van der Waals surface area contributed by atoms with Gasteiger partial charge in [0, 0.05) is 25.9 Å². The molecule has 0 saturated heterocycles. The Morgan fingerprint density at radius 3 is 3.07 bits per heavy atom. The van der Waals surface area contributed by atoms with E-state index in [-0.39, 0.29) is 5.91 Å². The van der Waals surface area contributed by atoms with Crippen LogP contribution in [0.5, 0.6) is 0 Å². The fraction of sp³-hybridized carbons (Fsp3) is 0.200. The van der Waals surface area contributed by atoms with Crippen molar-refractivity contribution in [3.8, 4) is 0 Å². The van der Waals surface area contributed by atoms with Crippen LogP contribution in [0, 0.1) is 0 Å². The van der Waals surface area contributed by atoms with Crippen LogP contribution < -0.4 is 5.32 Å². The van der Waals surface area contributed by atoms with Crippen LogP contribution in [0.15, 0.2) is 24.5 Å². The predicted octanol–water partition coefficient (Wildman–Crippen LogP) is 1.88. The smallest absolute Gasteiger partial charge is 0.217 e. The van der Waals surface area contributed by atoms with Gasteiger partial charge in [-0.25, -0.2) is 0 Å². The zero-order valence-electron chi connectivity index (χ0n) is 7.83. The van der Waals surface area contributed by atoms with Crippen LogP contribution in [0.25, 0.3) is 6.08 Å². The zero-order valence-corrected chi connectivity index (χ0v) is 8.58. The fourth-order valence-electron chi connectivity index (χ4n) is 0.917. The van der Waals surface area contributed by atoms with Crippen molar-refractivity contribution in [2.75, 3.05) is 6.54 Å². The number of nitrogens with zero attached hydrogens (tertiary/aromatic N) is 1. The Morgan fingerprint density at radius 2 is 2.43 bits per heavy atom. The molecule has 0 radical (unpaired) electrons. The molecule has 0 spiro atoms. The molecule has 0 aliphatic heterocycles. The van der Waals surface area contributed by atoms with Gasteiger partial charge in [-0.15, -0.1) is 0 Å². The van der Waals surface area contributed by atoms with Gasteiger partial charge < -0.3 is 5.32 Å². The van der Waals surface area contributed by atoms with Gasteiger partial charge in [-0.05, 0) is 11.6 Å². The second kappa shape index (κ2) is 5.40. The van der Waals surface area contributed by atoms with E-state index in [2.05, 4.69) is 10.3 Å². The Hall–Kier alpha value is -1.35. The Kier molecular flexibility index (Phi) is 4.13. The molecule has 1 N–H and O–H groups in total. The minimum Gasteiger partial charge on any atom is -0.353 e. The molecule has 1 aromatic heterocycles. The van der Waals surface area contributed by atoms with Crippen LogP contribution in [0.1, 0.15) is 12.5 Å². The first kappa shape index (κ1) is 10.7. The van der Waals surface area contributed by atoms with E-state index in [0.29, 0.717) is 11.6 Å². The molecule has 74 valence electrons. The van der Waals surface area contributed by atoms with Gasteiger partial charge in [-0.3, -0.25) is 9.78 Å². The van der Waals surface area contributed by atoms with E-state index in [4.69, 9.17) is 11.6 Å². The summed E-state index contributed by atoms with van der Waals surface area (Å²) in [7, 11) is 0. The van der Waals surface area contributed by atoms with Crippen molar-refractivity contribution in [1.82, 2.24) is 10.3 Å². The van der Waals surface area contributed by atoms with Gasteiger partial charge in [-0.1, -0.05) is 23.8 Å². The fourth-order valence-corrected chi connectivity index (χ4v) is 1.10. The number of nitrogens with one attached hydrogen (secondary N) is 1. The van der Waals surface area contributed by atoms with Gasteiger partial charge in [0.2, 0.25) is 5.91 Å². The van der Waals surface area contributed by atoms with E-state index in [1.54, 1.807) is 18.5 Å². The Labute approximate surface area is 87.8 Å². The van der Waals surface area contributed by atoms with Crippen LogP contribution in [0.3, 0.4) is 0 Å². The summed E-state index contributed by atoms with van der Waals surface area (Å²) in [4.78, 5) is 14.5. The lowest BCUT2D eigenvalue weighted by Crippen LogP contribution is -2.19. The summed E-state index contributed by atoms with van der Waals surface area (Å²) < 4.78 is 0. The van der Waals surface area contributed by atoms with Crippen LogP contribution in [0.2, 0.25) is 5.02 Å². The lowest BCUT2D eigenvalue weighted by atomic mass is 10.2. The van der Waals surface area contributed by atoms with Crippen molar-refractivity contribution in [3.05, 3.63) is 35.1 Å². The van der Waals surface area contributed by atoms with Gasteiger partial charge in [0.1, 0.15) is 0 Å². The molecular formula is C10H11ClN2O. The summed E-state index contributed by atoms with van der Waals surface area (Å²) in [6.45, 7) is 2.00. The molecule has 1 aromatic rings. The van der Waals surface area contributed by atoms with Crippen LogP contribution >= 0.6 is 11.6 Å². The first-order chi connectivity index (χ1) is 6.68. The molecule has 0 fully saturated rings. The molecule has 0 aromatic carbocycles. The quantitative estimate of drug-likeness (QED) is 0.828. The third kappa shape index (κ3) is 4.05. The van der Waals surface area contributed by atoms with E-state index in [1.807, 2.05) is 12.2 Å². The molecule has 0 aliphatic rings. The number of hydrogen-bond acceptors (Lipinski definition) is 2. The number of aromatic nitrogens is 1. The number of amides is 1. The molecule has 3 nitrogen and oxygen atoms in total. The molecule has 0 bridgehead atoms. The van der Waals surface area contributed by atoms with E-state index in [0.717, 1.165) is 5.56 Å².